The van der Waals surface area contributed by atoms with E-state index in [1.807, 2.05) is 51.6 Å². The van der Waals surface area contributed by atoms with Crippen molar-refractivity contribution in [1.82, 2.24) is 46.2 Å². The standard InChI is InChI=1S/C71H135N11O9P2/c1-14-17-26-35-61(92-72)49-79(12)51-68(88)76-58(42-54(4)5)46-81(70(90)44-56(8)9)48-60(83)34-28-22-19-20-23-30-39-66(86)78-63(64(84)16-3)37-31-33-41-74-65(85)38-29-24-21-25-32-40-75-67(87)53-82(71(91)45-57(10)11)47-59(43-55(6)7)77-69(89)52-80(13)50-62(93-73)36-27-18-15-2/h54-59,61-63,72-73H,14-53H2,1-13H3,(H,74,85)(H,75,87)(H,76,88)(H,77,89)(H,78,86)/t58-,59-,61-,62-,63-/m0/s1/i/hH2. The molecule has 0 heterocycles. The summed E-state index contributed by atoms with van der Waals surface area (Å²) in [4.78, 5) is 126. The Morgan fingerprint density at radius 3 is 1.27 bits per heavy atom. The Labute approximate surface area is 571 Å². The van der Waals surface area contributed by atoms with E-state index in [0.29, 0.717) is 126 Å². The first-order chi connectivity index (χ1) is 45.2. The molecule has 0 saturated heterocycles. The van der Waals surface area contributed by atoms with Gasteiger partial charge in [0, 0.05) is 118 Å². The number of nitrogens with zero attached hydrogens (tertiary/aromatic N) is 4. The molecule has 0 rings (SSSR count). The van der Waals surface area contributed by atoms with E-state index < -0.39 is 6.04 Å². The van der Waals surface area contributed by atoms with E-state index in [2.05, 4.69) is 78.4 Å². The maximum absolute atomic E-state index is 13.5. The molecule has 0 saturated carbocycles. The van der Waals surface area contributed by atoms with Crippen molar-refractivity contribution in [3.05, 3.63) is 0 Å². The number of nitrogens with one attached hydrogen (secondary N) is 7. The zero-order valence-electron chi connectivity index (χ0n) is 62.7. The monoisotopic (exact) mass is 1350 g/mol. The van der Waals surface area contributed by atoms with E-state index in [9.17, 15) is 43.2 Å². The van der Waals surface area contributed by atoms with Gasteiger partial charge in [-0.3, -0.25) is 63.3 Å². The van der Waals surface area contributed by atoms with Crippen molar-refractivity contribution in [3.63, 3.8) is 0 Å². The number of ketones is 2. The first-order valence-corrected chi connectivity index (χ1v) is 38.2. The summed E-state index contributed by atoms with van der Waals surface area (Å²) in [5.74, 6) is -0.136. The molecule has 0 bridgehead atoms. The number of likely N-dealkylation sites (N-methyl/N-ethyl adjacent to an activating group) is 2. The summed E-state index contributed by atoms with van der Waals surface area (Å²) < 4.78 is 14.8. The quantitative estimate of drug-likeness (QED) is 0.0222. The van der Waals surface area contributed by atoms with Crippen LogP contribution in [0.5, 0.6) is 0 Å². The lowest BCUT2D eigenvalue weighted by molar-refractivity contribution is -0.137. The summed E-state index contributed by atoms with van der Waals surface area (Å²) in [6, 6.07) is -1.18. The first kappa shape index (κ1) is 84.8. The molecule has 7 amide bonds. The number of unbranched alkanes of at least 4 members (excludes halogenated alkanes) is 14. The molecule has 22 heteroatoms. The number of carbonyl (C=O) groups excluding carboxylic acids is 9. The zero-order valence-corrected chi connectivity index (χ0v) is 62.5. The molecular weight excluding hydrogens is 1210 g/mol. The van der Waals surface area contributed by atoms with Crippen molar-refractivity contribution in [2.24, 2.45) is 23.7 Å². The van der Waals surface area contributed by atoms with Crippen LogP contribution in [-0.2, 0) is 43.2 Å². The lowest BCUT2D eigenvalue weighted by atomic mass is 10.0. The number of rotatable bonds is 61. The molecule has 0 fully saturated rings. The zero-order chi connectivity index (χ0) is 71.3. The van der Waals surface area contributed by atoms with E-state index in [0.717, 1.165) is 109 Å². The molecule has 0 spiro atoms. The molecule has 0 aliphatic heterocycles. The Morgan fingerprint density at radius 2 is 0.828 bits per heavy atom. The van der Waals surface area contributed by atoms with Gasteiger partial charge in [0.2, 0.25) is 41.4 Å². The van der Waals surface area contributed by atoms with Gasteiger partial charge in [0.05, 0.1) is 32.2 Å². The van der Waals surface area contributed by atoms with Crippen LogP contribution in [0.4, 0.5) is 0 Å². The third kappa shape index (κ3) is 49.9. The molecule has 5 atom stereocenters. The fourth-order valence-corrected chi connectivity index (χ4v) is 12.9. The van der Waals surface area contributed by atoms with Gasteiger partial charge in [-0.05, 0) is 108 Å². The number of carbonyl (C=O) groups is 9. The van der Waals surface area contributed by atoms with E-state index in [1.165, 1.54) is 0 Å². The molecule has 20 nitrogen and oxygen atoms in total. The van der Waals surface area contributed by atoms with Crippen molar-refractivity contribution >= 4 is 69.7 Å². The highest BCUT2D eigenvalue weighted by molar-refractivity contribution is 7.26. The van der Waals surface area contributed by atoms with E-state index in [4.69, 9.17) is 2.82 Å². The van der Waals surface area contributed by atoms with Crippen LogP contribution in [0.3, 0.4) is 0 Å². The second-order valence-electron chi connectivity index (χ2n) is 28.3. The minimum absolute atomic E-state index is 0.00267. The van der Waals surface area contributed by atoms with Crippen molar-refractivity contribution < 1.29 is 46.0 Å². The molecular formula is C71H135N11O9P2. The van der Waals surface area contributed by atoms with Crippen LogP contribution in [0.25, 0.3) is 0 Å². The minimum Gasteiger partial charge on any atom is -0.356 e. The van der Waals surface area contributed by atoms with Gasteiger partial charge in [0.15, 0.2) is 14.4 Å². The lowest BCUT2D eigenvalue weighted by Gasteiger charge is -2.30. The van der Waals surface area contributed by atoms with Gasteiger partial charge >= 0.3 is 0 Å². The van der Waals surface area contributed by atoms with Gasteiger partial charge in [-0.15, -0.1) is 0 Å². The Hall–Kier alpha value is -4.25. The number of hydrogen-bond donors (Lipinski definition) is 7. The minimum atomic E-state index is -0.557. The fraction of sp³-hybridized carbons (Fsp3) is 0.873. The van der Waals surface area contributed by atoms with Crippen LogP contribution < -0.4 is 26.6 Å². The average Bonchev–Trinajstić information content (AvgIpc) is 1.10. The van der Waals surface area contributed by atoms with Gasteiger partial charge < -0.3 is 36.4 Å². The van der Waals surface area contributed by atoms with Gasteiger partial charge in [0.1, 0.15) is 0 Å². The molecule has 0 aliphatic carbocycles. The van der Waals surface area contributed by atoms with Gasteiger partial charge in [-0.2, -0.15) is 0 Å². The van der Waals surface area contributed by atoms with Crippen molar-refractivity contribution in [2.45, 2.75) is 298 Å². The SMILES string of the molecule is [1H]N=P[C@@H](CCCCC)CN(C)CC(=O)N[C@@H](CC(C)C)CN(CC(=O)CCCCCCCCC(=O)N[C@@H](CCCCNC(=O)CCCCCCCNC(=O)CN(C[C@H](CC(C)C)NC(=O)CN(C)C[C@H](CCCCC)P=N[1H])C(=O)CC(C)C)C(=O)CC)C(=O)CC(C)C. The van der Waals surface area contributed by atoms with Crippen molar-refractivity contribution in [2.75, 3.05) is 79.5 Å². The molecule has 0 aromatic rings. The molecule has 7 N–H and O–H groups in total. The molecule has 93 heavy (non-hydrogen) atoms. The van der Waals surface area contributed by atoms with Crippen LogP contribution in [0, 0.1) is 34.0 Å². The largest absolute Gasteiger partial charge is 0.356 e. The fourth-order valence-electron chi connectivity index (χ4n) is 11.6. The highest BCUT2D eigenvalue weighted by Gasteiger charge is 2.27. The molecule has 0 aromatic carbocycles. The molecule has 538 valence electrons. The molecule has 0 aliphatic rings. The Bertz CT molecular complexity index is 2200. The van der Waals surface area contributed by atoms with Crippen LogP contribution >= 0.6 is 16.7 Å². The van der Waals surface area contributed by atoms with E-state index >= 15 is 0 Å². The van der Waals surface area contributed by atoms with Crippen molar-refractivity contribution in [3.8, 4) is 0 Å². The van der Waals surface area contributed by atoms with E-state index in [1.54, 1.807) is 16.7 Å². The van der Waals surface area contributed by atoms with Crippen LogP contribution in [0.15, 0.2) is 0 Å². The Morgan fingerprint density at radius 1 is 0.419 bits per heavy atom. The predicted molar refractivity (Wildman–Crippen MR) is 382 cm³/mol. The summed E-state index contributed by atoms with van der Waals surface area (Å²) >= 11 is 0. The summed E-state index contributed by atoms with van der Waals surface area (Å²) in [6.07, 6.45) is 22.9. The second kappa shape index (κ2) is 55.8. The molecule has 0 aromatic heterocycles. The predicted octanol–water partition coefficient (Wildman–Crippen LogP) is 12.9. The van der Waals surface area contributed by atoms with Crippen molar-refractivity contribution in [1.29, 1.82) is 10.3 Å². The van der Waals surface area contributed by atoms with Crippen LogP contribution in [-0.4, -0.2) is 182 Å². The summed E-state index contributed by atoms with van der Waals surface area (Å²) in [5, 5.41) is 22.5. The van der Waals surface area contributed by atoms with Crippen LogP contribution in [0.2, 0.25) is 2.82 Å². The lowest BCUT2D eigenvalue weighted by Crippen LogP contribution is -2.51. The summed E-state index contributed by atoms with van der Waals surface area (Å²) in [5.41, 5.74) is 0.376. The van der Waals surface area contributed by atoms with Gasteiger partial charge in [0.25, 0.3) is 0 Å². The summed E-state index contributed by atoms with van der Waals surface area (Å²) in [7, 11) is 5.24. The normalized spacial score (nSPS) is 13.8. The van der Waals surface area contributed by atoms with Crippen LogP contribution in [0.1, 0.15) is 269 Å². The number of amides is 7. The molecule has 0 unspecified atom stereocenters. The number of hydrogen-bond acceptors (Lipinski definition) is 13. The molecule has 0 radical (unpaired) electrons. The maximum atomic E-state index is 13.5. The highest BCUT2D eigenvalue weighted by atomic mass is 31.1. The van der Waals surface area contributed by atoms with E-state index in [-0.39, 0.29) is 139 Å². The summed E-state index contributed by atoms with van der Waals surface area (Å²) in [6.45, 7) is 25.4. The third-order valence-corrected chi connectivity index (χ3v) is 18.0. The maximum Gasteiger partial charge on any atom is 0.239 e. The third-order valence-electron chi connectivity index (χ3n) is 16.5. The highest BCUT2D eigenvalue weighted by Crippen LogP contribution is 2.20. The average molecular weight is 1350 g/mol. The number of Topliss-reactive ketones (excluding diaryl/α,β-unsaturated/α-hetero) is 2. The van der Waals surface area contributed by atoms with Gasteiger partial charge in [-0.25, -0.2) is 0 Å². The first-order valence-electron chi connectivity index (χ1n) is 37.2. The Kier molecular flexibility index (Phi) is 50.9. The smallest absolute Gasteiger partial charge is 0.239 e. The second-order valence-corrected chi connectivity index (χ2v) is 30.2. The topological polar surface area (TPSA) is 274 Å². The Balaban J connectivity index is 4.78. The van der Waals surface area contributed by atoms with Gasteiger partial charge in [-0.1, -0.05) is 160 Å².